The molecule has 0 atom stereocenters. The van der Waals surface area contributed by atoms with Crippen molar-refractivity contribution in [1.29, 1.82) is 0 Å². The predicted octanol–water partition coefficient (Wildman–Crippen LogP) is 3.51. The lowest BCUT2D eigenvalue weighted by molar-refractivity contribution is 0.337. The summed E-state index contributed by atoms with van der Waals surface area (Å²) in [6.07, 6.45) is 3.47. The third kappa shape index (κ3) is 3.58. The summed E-state index contributed by atoms with van der Waals surface area (Å²) in [4.78, 5) is 0. The van der Waals surface area contributed by atoms with Crippen molar-refractivity contribution in [2.45, 2.75) is 43.7 Å². The minimum Gasteiger partial charge on any atom is -0.494 e. The van der Waals surface area contributed by atoms with Gasteiger partial charge in [0.2, 0.25) is 10.0 Å². The van der Waals surface area contributed by atoms with Gasteiger partial charge in [0.25, 0.3) is 0 Å². The van der Waals surface area contributed by atoms with E-state index in [4.69, 9.17) is 16.3 Å². The van der Waals surface area contributed by atoms with E-state index in [0.29, 0.717) is 18.0 Å². The summed E-state index contributed by atoms with van der Waals surface area (Å²) < 4.78 is 32.6. The van der Waals surface area contributed by atoms with Crippen molar-refractivity contribution >= 4 is 27.3 Å². The molecule has 0 heterocycles. The lowest BCUT2D eigenvalue weighted by Gasteiger charge is -2.15. The second-order valence-corrected chi connectivity index (χ2v) is 7.17. The highest BCUT2D eigenvalue weighted by Crippen LogP contribution is 2.29. The number of sulfonamides is 1. The van der Waals surface area contributed by atoms with E-state index in [1.165, 1.54) is 0 Å². The second kappa shape index (κ2) is 6.68. The van der Waals surface area contributed by atoms with Crippen LogP contribution < -0.4 is 9.46 Å². The zero-order chi connectivity index (χ0) is 14.6. The van der Waals surface area contributed by atoms with Crippen LogP contribution >= 0.6 is 11.6 Å². The van der Waals surface area contributed by atoms with E-state index in [9.17, 15) is 8.42 Å². The average Bonchev–Trinajstić information content (AvgIpc) is 2.95. The zero-order valence-corrected chi connectivity index (χ0v) is 13.1. The summed E-state index contributed by atoms with van der Waals surface area (Å²) in [5.41, 5.74) is 1.34. The Kier molecular flexibility index (Phi) is 5.16. The van der Waals surface area contributed by atoms with Crippen molar-refractivity contribution in [2.75, 3.05) is 11.3 Å². The number of ether oxygens (including phenoxy) is 1. The largest absolute Gasteiger partial charge is 0.494 e. The van der Waals surface area contributed by atoms with Gasteiger partial charge in [-0.25, -0.2) is 8.42 Å². The maximum absolute atomic E-state index is 12.2. The Hall–Kier alpha value is -0.940. The number of benzene rings is 1. The van der Waals surface area contributed by atoms with Crippen molar-refractivity contribution in [3.8, 4) is 5.75 Å². The lowest BCUT2D eigenvalue weighted by Crippen LogP contribution is -2.25. The SMILES string of the molecule is CCOc1ccc(NS(=O)(=O)C2CCCC2)cc1CCl. The molecule has 0 aromatic heterocycles. The number of alkyl halides is 1. The molecular weight excluding hydrogens is 298 g/mol. The Labute approximate surface area is 125 Å². The minimum atomic E-state index is -3.30. The summed E-state index contributed by atoms with van der Waals surface area (Å²) in [5.74, 6) is 0.986. The third-order valence-electron chi connectivity index (χ3n) is 3.51. The smallest absolute Gasteiger partial charge is 0.235 e. The molecule has 2 rings (SSSR count). The Morgan fingerprint density at radius 2 is 2.05 bits per heavy atom. The van der Waals surface area contributed by atoms with Crippen LogP contribution in [0.1, 0.15) is 38.2 Å². The Balaban J connectivity index is 2.17. The van der Waals surface area contributed by atoms with Crippen LogP contribution in [-0.4, -0.2) is 20.3 Å². The summed E-state index contributed by atoms with van der Waals surface area (Å²) in [6, 6.07) is 5.21. The topological polar surface area (TPSA) is 55.4 Å². The molecule has 0 saturated heterocycles. The van der Waals surface area contributed by atoms with E-state index in [0.717, 1.165) is 31.2 Å². The van der Waals surface area contributed by atoms with Crippen LogP contribution in [0.2, 0.25) is 0 Å². The number of halogens is 1. The molecule has 1 N–H and O–H groups in total. The number of nitrogens with one attached hydrogen (secondary N) is 1. The van der Waals surface area contributed by atoms with Crippen molar-refractivity contribution in [3.63, 3.8) is 0 Å². The summed E-state index contributed by atoms with van der Waals surface area (Å²) in [6.45, 7) is 2.45. The van der Waals surface area contributed by atoms with Crippen LogP contribution in [0.4, 0.5) is 5.69 Å². The third-order valence-corrected chi connectivity index (χ3v) is 5.66. The molecule has 0 radical (unpaired) electrons. The molecule has 4 nitrogen and oxygen atoms in total. The fraction of sp³-hybridized carbons (Fsp3) is 0.571. The minimum absolute atomic E-state index is 0.270. The van der Waals surface area contributed by atoms with Gasteiger partial charge in [0.1, 0.15) is 5.75 Å². The van der Waals surface area contributed by atoms with E-state index in [-0.39, 0.29) is 11.1 Å². The maximum Gasteiger partial charge on any atom is 0.235 e. The summed E-state index contributed by atoms with van der Waals surface area (Å²) >= 11 is 5.88. The molecular formula is C14H20ClNO3S. The van der Waals surface area contributed by atoms with Gasteiger partial charge in [-0.15, -0.1) is 11.6 Å². The van der Waals surface area contributed by atoms with Gasteiger partial charge < -0.3 is 4.74 Å². The van der Waals surface area contributed by atoms with Crippen LogP contribution in [-0.2, 0) is 15.9 Å². The molecule has 1 aliphatic carbocycles. The standard InChI is InChI=1S/C14H20ClNO3S/c1-2-19-14-8-7-12(9-11(14)10-15)16-20(17,18)13-5-3-4-6-13/h7-9,13,16H,2-6,10H2,1H3. The van der Waals surface area contributed by atoms with Crippen LogP contribution in [0.3, 0.4) is 0 Å². The highest BCUT2D eigenvalue weighted by atomic mass is 35.5. The molecule has 1 aliphatic rings. The van der Waals surface area contributed by atoms with E-state index >= 15 is 0 Å². The van der Waals surface area contributed by atoms with Gasteiger partial charge in [0.05, 0.1) is 17.7 Å². The van der Waals surface area contributed by atoms with Crippen molar-refractivity contribution in [2.24, 2.45) is 0 Å². The monoisotopic (exact) mass is 317 g/mol. The Morgan fingerprint density at radius 1 is 1.35 bits per heavy atom. The van der Waals surface area contributed by atoms with E-state index in [1.54, 1.807) is 18.2 Å². The lowest BCUT2D eigenvalue weighted by atomic mass is 10.2. The highest BCUT2D eigenvalue weighted by Gasteiger charge is 2.28. The molecule has 20 heavy (non-hydrogen) atoms. The van der Waals surface area contributed by atoms with Gasteiger partial charge in [-0.3, -0.25) is 4.72 Å². The molecule has 0 spiro atoms. The number of hydrogen-bond donors (Lipinski definition) is 1. The van der Waals surface area contributed by atoms with E-state index in [1.807, 2.05) is 6.92 Å². The molecule has 1 fully saturated rings. The van der Waals surface area contributed by atoms with Crippen LogP contribution in [0, 0.1) is 0 Å². The molecule has 1 saturated carbocycles. The van der Waals surface area contributed by atoms with Crippen LogP contribution in [0.25, 0.3) is 0 Å². The Bertz CT molecular complexity index is 554. The van der Waals surface area contributed by atoms with Gasteiger partial charge in [-0.2, -0.15) is 0 Å². The van der Waals surface area contributed by atoms with Gasteiger partial charge in [-0.1, -0.05) is 12.8 Å². The van der Waals surface area contributed by atoms with Gasteiger partial charge in [0, 0.05) is 11.3 Å². The van der Waals surface area contributed by atoms with Crippen molar-refractivity contribution in [1.82, 2.24) is 0 Å². The molecule has 0 amide bonds. The fourth-order valence-corrected chi connectivity index (χ4v) is 4.27. The quantitative estimate of drug-likeness (QED) is 0.817. The fourth-order valence-electron chi connectivity index (χ4n) is 2.49. The number of hydrogen-bond acceptors (Lipinski definition) is 3. The normalized spacial score (nSPS) is 16.3. The molecule has 112 valence electrons. The van der Waals surface area contributed by atoms with Gasteiger partial charge >= 0.3 is 0 Å². The Morgan fingerprint density at radius 3 is 2.65 bits per heavy atom. The van der Waals surface area contributed by atoms with Crippen molar-refractivity contribution in [3.05, 3.63) is 23.8 Å². The number of rotatable bonds is 6. The molecule has 0 unspecified atom stereocenters. The molecule has 0 bridgehead atoms. The average molecular weight is 318 g/mol. The van der Waals surface area contributed by atoms with Gasteiger partial charge in [-0.05, 0) is 38.0 Å². The molecule has 6 heteroatoms. The summed E-state index contributed by atoms with van der Waals surface area (Å²) in [5, 5.41) is -0.270. The molecule has 1 aromatic rings. The first kappa shape index (κ1) is 15.4. The first-order chi connectivity index (χ1) is 9.56. The van der Waals surface area contributed by atoms with Gasteiger partial charge in [0.15, 0.2) is 0 Å². The highest BCUT2D eigenvalue weighted by molar-refractivity contribution is 7.93. The van der Waals surface area contributed by atoms with E-state index in [2.05, 4.69) is 4.72 Å². The first-order valence-corrected chi connectivity index (χ1v) is 8.98. The van der Waals surface area contributed by atoms with E-state index < -0.39 is 10.0 Å². The van der Waals surface area contributed by atoms with Crippen LogP contribution in [0.15, 0.2) is 18.2 Å². The van der Waals surface area contributed by atoms with Crippen molar-refractivity contribution < 1.29 is 13.2 Å². The second-order valence-electron chi connectivity index (χ2n) is 4.94. The number of anilines is 1. The maximum atomic E-state index is 12.2. The zero-order valence-electron chi connectivity index (χ0n) is 11.6. The van der Waals surface area contributed by atoms with Crippen LogP contribution in [0.5, 0.6) is 5.75 Å². The first-order valence-electron chi connectivity index (χ1n) is 6.90. The molecule has 1 aromatic carbocycles. The summed E-state index contributed by atoms with van der Waals surface area (Å²) in [7, 11) is -3.30. The predicted molar refractivity (Wildman–Crippen MR) is 82.0 cm³/mol. The molecule has 0 aliphatic heterocycles.